The zero-order valence-corrected chi connectivity index (χ0v) is 22.2. The first-order chi connectivity index (χ1) is 16.7. The predicted molar refractivity (Wildman–Crippen MR) is 144 cm³/mol. The number of benzene rings is 3. The molecule has 1 heterocycles. The second kappa shape index (κ2) is 10.2. The Hall–Kier alpha value is -3.16. The fraction of sp³-hybridized carbons (Fsp3) is 0.222. The van der Waals surface area contributed by atoms with E-state index >= 15 is 0 Å². The highest BCUT2D eigenvalue weighted by Crippen LogP contribution is 2.36. The summed E-state index contributed by atoms with van der Waals surface area (Å²) in [6.07, 6.45) is 1.57. The van der Waals surface area contributed by atoms with Crippen LogP contribution >= 0.6 is 27.5 Å². The number of fused-ring (bicyclic) bond motifs is 1. The fourth-order valence-electron chi connectivity index (χ4n) is 3.55. The van der Waals surface area contributed by atoms with E-state index in [-0.39, 0.29) is 5.56 Å². The van der Waals surface area contributed by atoms with Crippen LogP contribution in [0.4, 0.5) is 0 Å². The number of ether oxygens (including phenoxy) is 2. The summed E-state index contributed by atoms with van der Waals surface area (Å²) in [7, 11) is 1.55. The molecule has 0 fully saturated rings. The van der Waals surface area contributed by atoms with Gasteiger partial charge in [-0.15, -0.1) is 0 Å². The monoisotopic (exact) mass is 553 g/mol. The van der Waals surface area contributed by atoms with Gasteiger partial charge in [-0.3, -0.25) is 4.79 Å². The summed E-state index contributed by atoms with van der Waals surface area (Å²) in [4.78, 5) is 18.1. The molecule has 35 heavy (non-hydrogen) atoms. The number of methoxy groups -OCH3 is 1. The number of halogens is 2. The third kappa shape index (κ3) is 5.57. The van der Waals surface area contributed by atoms with Gasteiger partial charge in [-0.2, -0.15) is 9.78 Å². The van der Waals surface area contributed by atoms with E-state index in [0.29, 0.717) is 45.4 Å². The Morgan fingerprint density at radius 2 is 1.86 bits per heavy atom. The van der Waals surface area contributed by atoms with E-state index in [2.05, 4.69) is 21.0 Å². The van der Waals surface area contributed by atoms with Gasteiger partial charge < -0.3 is 9.47 Å². The number of hydrogen-bond donors (Lipinski definition) is 0. The van der Waals surface area contributed by atoms with Crippen molar-refractivity contribution in [3.63, 3.8) is 0 Å². The number of hydrogen-bond acceptors (Lipinski definition) is 5. The van der Waals surface area contributed by atoms with Gasteiger partial charge in [-0.25, -0.2) is 4.98 Å². The first-order valence-corrected chi connectivity index (χ1v) is 12.2. The molecule has 0 spiro atoms. The van der Waals surface area contributed by atoms with Crippen molar-refractivity contribution in [1.29, 1.82) is 0 Å². The maximum absolute atomic E-state index is 13.4. The van der Waals surface area contributed by atoms with Crippen LogP contribution in [0.25, 0.3) is 10.9 Å². The molecule has 0 saturated carbocycles. The maximum Gasteiger partial charge on any atom is 0.282 e. The van der Waals surface area contributed by atoms with E-state index in [1.54, 1.807) is 31.5 Å². The molecule has 0 amide bonds. The Labute approximate surface area is 217 Å². The molecule has 8 heteroatoms. The molecule has 0 radical (unpaired) electrons. The Balaban J connectivity index is 1.73. The lowest BCUT2D eigenvalue weighted by atomic mass is 9.95. The predicted octanol–water partition coefficient (Wildman–Crippen LogP) is 6.58. The lowest BCUT2D eigenvalue weighted by molar-refractivity contribution is 0.284. The molecule has 0 aliphatic heterocycles. The standard InChI is InChI=1S/C27H25BrClN3O3/c1-27(2,3)26-31-22-11-10-19(28)14-20(22)25(33)32(26)30-15-18-12-21(29)24(23(13-18)34-4)35-16-17-8-6-5-7-9-17/h5-15H,16H2,1-4H3. The van der Waals surface area contributed by atoms with E-state index in [4.69, 9.17) is 26.1 Å². The average Bonchev–Trinajstić information content (AvgIpc) is 2.82. The van der Waals surface area contributed by atoms with Gasteiger partial charge in [-0.05, 0) is 41.5 Å². The topological polar surface area (TPSA) is 65.7 Å². The number of rotatable bonds is 6. The first-order valence-electron chi connectivity index (χ1n) is 11.0. The molecular formula is C27H25BrClN3O3. The summed E-state index contributed by atoms with van der Waals surface area (Å²) in [5.74, 6) is 1.47. The Morgan fingerprint density at radius 1 is 1.11 bits per heavy atom. The molecule has 180 valence electrons. The summed E-state index contributed by atoms with van der Waals surface area (Å²) in [5, 5.41) is 5.37. The molecule has 4 rings (SSSR count). The molecule has 4 aromatic rings. The summed E-state index contributed by atoms with van der Waals surface area (Å²) in [6.45, 7) is 6.33. The maximum atomic E-state index is 13.4. The van der Waals surface area contributed by atoms with Crippen molar-refractivity contribution < 1.29 is 9.47 Å². The Bertz CT molecular complexity index is 1460. The summed E-state index contributed by atoms with van der Waals surface area (Å²) in [6, 6.07) is 18.7. The summed E-state index contributed by atoms with van der Waals surface area (Å²) >= 11 is 9.97. The molecule has 0 unspecified atom stereocenters. The van der Waals surface area contributed by atoms with Crippen LogP contribution in [0.3, 0.4) is 0 Å². The van der Waals surface area contributed by atoms with Gasteiger partial charge in [-0.1, -0.05) is 78.6 Å². The van der Waals surface area contributed by atoms with Gasteiger partial charge in [0.25, 0.3) is 5.56 Å². The number of aromatic nitrogens is 2. The zero-order valence-electron chi connectivity index (χ0n) is 19.9. The molecule has 0 bridgehead atoms. The van der Waals surface area contributed by atoms with Gasteiger partial charge in [0.05, 0.1) is 29.2 Å². The van der Waals surface area contributed by atoms with Crippen LogP contribution in [0.15, 0.2) is 75.0 Å². The van der Waals surface area contributed by atoms with Crippen LogP contribution in [0.2, 0.25) is 5.02 Å². The average molecular weight is 555 g/mol. The van der Waals surface area contributed by atoms with Crippen LogP contribution in [-0.4, -0.2) is 23.0 Å². The minimum atomic E-state index is -0.414. The van der Waals surface area contributed by atoms with Gasteiger partial charge in [0.15, 0.2) is 11.5 Å². The van der Waals surface area contributed by atoms with E-state index < -0.39 is 5.41 Å². The summed E-state index contributed by atoms with van der Waals surface area (Å²) in [5.41, 5.74) is 1.63. The van der Waals surface area contributed by atoms with E-state index in [0.717, 1.165) is 10.0 Å². The van der Waals surface area contributed by atoms with Crippen molar-refractivity contribution >= 4 is 44.6 Å². The van der Waals surface area contributed by atoms with Crippen LogP contribution in [0, 0.1) is 0 Å². The van der Waals surface area contributed by atoms with Crippen molar-refractivity contribution in [3.05, 3.63) is 97.5 Å². The van der Waals surface area contributed by atoms with Gasteiger partial charge in [0.1, 0.15) is 12.4 Å². The smallest absolute Gasteiger partial charge is 0.282 e. The molecule has 3 aromatic carbocycles. The third-order valence-corrected chi connectivity index (χ3v) is 6.05. The Kier molecular flexibility index (Phi) is 7.28. The second-order valence-corrected chi connectivity index (χ2v) is 10.3. The quantitative estimate of drug-likeness (QED) is 0.253. The van der Waals surface area contributed by atoms with Crippen LogP contribution in [0.1, 0.15) is 37.7 Å². The van der Waals surface area contributed by atoms with Crippen molar-refractivity contribution in [1.82, 2.24) is 9.66 Å². The van der Waals surface area contributed by atoms with E-state index in [9.17, 15) is 4.79 Å². The largest absolute Gasteiger partial charge is 0.493 e. The van der Waals surface area contributed by atoms with Crippen molar-refractivity contribution in [2.75, 3.05) is 7.11 Å². The zero-order chi connectivity index (χ0) is 25.2. The van der Waals surface area contributed by atoms with E-state index in [1.807, 2.05) is 63.2 Å². The van der Waals surface area contributed by atoms with Crippen LogP contribution in [-0.2, 0) is 12.0 Å². The normalized spacial score (nSPS) is 11.8. The van der Waals surface area contributed by atoms with Gasteiger partial charge >= 0.3 is 0 Å². The first kappa shape index (κ1) is 24.9. The molecule has 0 atom stereocenters. The third-order valence-electron chi connectivity index (χ3n) is 5.28. The molecular weight excluding hydrogens is 530 g/mol. The highest BCUT2D eigenvalue weighted by atomic mass is 79.9. The molecule has 0 N–H and O–H groups in total. The molecule has 1 aromatic heterocycles. The number of nitrogens with zero attached hydrogens (tertiary/aromatic N) is 3. The van der Waals surface area contributed by atoms with Crippen molar-refractivity contribution in [3.8, 4) is 11.5 Å². The minimum Gasteiger partial charge on any atom is -0.493 e. The summed E-state index contributed by atoms with van der Waals surface area (Å²) < 4.78 is 13.6. The molecule has 0 saturated heterocycles. The SMILES string of the molecule is COc1cc(C=Nn2c(C(C)(C)C)nc3ccc(Br)cc3c2=O)cc(Cl)c1OCc1ccccc1. The molecule has 6 nitrogen and oxygen atoms in total. The van der Waals surface area contributed by atoms with Gasteiger partial charge in [0.2, 0.25) is 0 Å². The fourth-order valence-corrected chi connectivity index (χ4v) is 4.18. The lowest BCUT2D eigenvalue weighted by Gasteiger charge is -2.21. The van der Waals surface area contributed by atoms with Crippen molar-refractivity contribution in [2.24, 2.45) is 5.10 Å². The molecule has 0 aliphatic carbocycles. The second-order valence-electron chi connectivity index (χ2n) is 9.02. The molecule has 0 aliphatic rings. The van der Waals surface area contributed by atoms with Crippen LogP contribution < -0.4 is 15.0 Å². The lowest BCUT2D eigenvalue weighted by Crippen LogP contribution is -2.29. The van der Waals surface area contributed by atoms with Gasteiger partial charge in [0, 0.05) is 9.89 Å². The van der Waals surface area contributed by atoms with E-state index in [1.165, 1.54) is 4.68 Å². The highest BCUT2D eigenvalue weighted by Gasteiger charge is 2.23. The highest BCUT2D eigenvalue weighted by molar-refractivity contribution is 9.10. The minimum absolute atomic E-state index is 0.252. The van der Waals surface area contributed by atoms with Crippen molar-refractivity contribution in [2.45, 2.75) is 32.8 Å². The van der Waals surface area contributed by atoms with Crippen LogP contribution in [0.5, 0.6) is 11.5 Å². The Morgan fingerprint density at radius 3 is 2.54 bits per heavy atom.